The van der Waals surface area contributed by atoms with Crippen LogP contribution in [-0.4, -0.2) is 17.0 Å². The molecule has 2 atom stereocenters. The van der Waals surface area contributed by atoms with Gasteiger partial charge in [-0.3, -0.25) is 4.90 Å². The molecule has 0 N–H and O–H groups in total. The second kappa shape index (κ2) is 5.65. The zero-order valence-corrected chi connectivity index (χ0v) is 12.5. The quantitative estimate of drug-likeness (QED) is 0.779. The van der Waals surface area contributed by atoms with E-state index < -0.39 is 0 Å². The Kier molecular flexibility index (Phi) is 3.52. The van der Waals surface area contributed by atoms with Gasteiger partial charge >= 0.3 is 0 Å². The number of hydrogen-bond acceptors (Lipinski definition) is 1. The molecule has 2 aliphatic heterocycles. The Hall–Kier alpha value is -1.60. The van der Waals surface area contributed by atoms with E-state index in [1.807, 2.05) is 0 Å². The summed E-state index contributed by atoms with van der Waals surface area (Å²) in [4.78, 5) is 2.83. The molecule has 2 aliphatic rings. The Labute approximate surface area is 127 Å². The van der Waals surface area contributed by atoms with Crippen LogP contribution >= 0.6 is 0 Å². The molecule has 2 aromatic carbocycles. The van der Waals surface area contributed by atoms with E-state index in [-0.39, 0.29) is 0 Å². The van der Waals surface area contributed by atoms with Crippen molar-refractivity contribution in [1.29, 1.82) is 0 Å². The lowest BCUT2D eigenvalue weighted by Gasteiger charge is -2.41. The van der Waals surface area contributed by atoms with Crippen LogP contribution in [0.15, 0.2) is 60.7 Å². The number of rotatable bonds is 3. The highest BCUT2D eigenvalue weighted by molar-refractivity contribution is 5.32. The fourth-order valence-corrected chi connectivity index (χ4v) is 4.39. The number of benzene rings is 2. The van der Waals surface area contributed by atoms with E-state index in [0.717, 1.165) is 12.1 Å². The van der Waals surface area contributed by atoms with Crippen molar-refractivity contribution >= 4 is 0 Å². The fourth-order valence-electron chi connectivity index (χ4n) is 4.39. The van der Waals surface area contributed by atoms with Gasteiger partial charge in [0.2, 0.25) is 0 Å². The molecule has 0 aliphatic carbocycles. The van der Waals surface area contributed by atoms with Gasteiger partial charge < -0.3 is 0 Å². The van der Waals surface area contributed by atoms with Gasteiger partial charge in [0.15, 0.2) is 0 Å². The summed E-state index contributed by atoms with van der Waals surface area (Å²) in [5, 5.41) is 0. The van der Waals surface area contributed by atoms with E-state index in [1.165, 1.54) is 43.2 Å². The molecule has 0 saturated carbocycles. The number of piperidine rings is 1. The van der Waals surface area contributed by atoms with Gasteiger partial charge in [-0.25, -0.2) is 0 Å². The first kappa shape index (κ1) is 13.1. The lowest BCUT2D eigenvalue weighted by molar-refractivity contribution is 0.105. The number of hydrogen-bond donors (Lipinski definition) is 0. The SMILES string of the molecule is c1ccc(C(c2ccccc2)N2C3CCC[C@@H]2CC3)cc1. The maximum absolute atomic E-state index is 2.83. The van der Waals surface area contributed by atoms with Crippen LogP contribution < -0.4 is 0 Å². The third-order valence-corrected chi connectivity index (χ3v) is 5.28. The first-order valence-corrected chi connectivity index (χ1v) is 8.31. The second-order valence-corrected chi connectivity index (χ2v) is 6.49. The zero-order valence-electron chi connectivity index (χ0n) is 12.5. The van der Waals surface area contributed by atoms with Gasteiger partial charge in [-0.05, 0) is 36.8 Å². The van der Waals surface area contributed by atoms with E-state index in [0.29, 0.717) is 6.04 Å². The highest BCUT2D eigenvalue weighted by atomic mass is 15.2. The molecule has 4 rings (SSSR count). The van der Waals surface area contributed by atoms with E-state index >= 15 is 0 Å². The van der Waals surface area contributed by atoms with Crippen molar-refractivity contribution < 1.29 is 0 Å². The van der Waals surface area contributed by atoms with Crippen LogP contribution in [0.5, 0.6) is 0 Å². The van der Waals surface area contributed by atoms with E-state index in [1.54, 1.807) is 0 Å². The van der Waals surface area contributed by atoms with E-state index in [4.69, 9.17) is 0 Å². The van der Waals surface area contributed by atoms with Gasteiger partial charge in [0.1, 0.15) is 0 Å². The molecule has 1 heteroatoms. The molecule has 1 nitrogen and oxygen atoms in total. The third-order valence-electron chi connectivity index (χ3n) is 5.28. The topological polar surface area (TPSA) is 3.24 Å². The number of fused-ring (bicyclic) bond motifs is 2. The molecule has 108 valence electrons. The lowest BCUT2D eigenvalue weighted by atomic mass is 9.92. The molecular formula is C20H23N. The lowest BCUT2D eigenvalue weighted by Crippen LogP contribution is -2.42. The van der Waals surface area contributed by atoms with Crippen LogP contribution in [0, 0.1) is 0 Å². The summed E-state index contributed by atoms with van der Waals surface area (Å²) in [6, 6.07) is 24.2. The van der Waals surface area contributed by atoms with Crippen LogP contribution in [0.1, 0.15) is 49.3 Å². The smallest absolute Gasteiger partial charge is 0.0606 e. The summed E-state index contributed by atoms with van der Waals surface area (Å²) >= 11 is 0. The molecule has 2 bridgehead atoms. The van der Waals surface area contributed by atoms with Crippen molar-refractivity contribution in [3.05, 3.63) is 71.8 Å². The zero-order chi connectivity index (χ0) is 14.1. The van der Waals surface area contributed by atoms with Gasteiger partial charge in [-0.15, -0.1) is 0 Å². The monoisotopic (exact) mass is 277 g/mol. The van der Waals surface area contributed by atoms with E-state index in [9.17, 15) is 0 Å². The minimum absolute atomic E-state index is 0.435. The Bertz CT molecular complexity index is 522. The van der Waals surface area contributed by atoms with Crippen LogP contribution in [0.25, 0.3) is 0 Å². The molecule has 0 amide bonds. The molecule has 1 unspecified atom stereocenters. The average Bonchev–Trinajstić information content (AvgIpc) is 2.79. The maximum atomic E-state index is 2.83. The molecule has 2 aromatic rings. The van der Waals surface area contributed by atoms with Gasteiger partial charge in [0.25, 0.3) is 0 Å². The molecule has 0 aromatic heterocycles. The van der Waals surface area contributed by atoms with Crippen molar-refractivity contribution in [2.24, 2.45) is 0 Å². The van der Waals surface area contributed by atoms with Gasteiger partial charge in [0.05, 0.1) is 6.04 Å². The maximum Gasteiger partial charge on any atom is 0.0606 e. The Morgan fingerprint density at radius 2 is 1.14 bits per heavy atom. The Balaban J connectivity index is 1.77. The molecule has 2 heterocycles. The van der Waals surface area contributed by atoms with Crippen molar-refractivity contribution in [2.45, 2.75) is 50.2 Å². The predicted molar refractivity (Wildman–Crippen MR) is 87.2 cm³/mol. The number of nitrogens with zero attached hydrogens (tertiary/aromatic N) is 1. The van der Waals surface area contributed by atoms with Crippen molar-refractivity contribution in [3.8, 4) is 0 Å². The molecular weight excluding hydrogens is 254 g/mol. The molecule has 2 fully saturated rings. The first-order chi connectivity index (χ1) is 10.4. The van der Waals surface area contributed by atoms with Crippen LogP contribution in [0.3, 0.4) is 0 Å². The van der Waals surface area contributed by atoms with Crippen LogP contribution in [0.2, 0.25) is 0 Å². The summed E-state index contributed by atoms with van der Waals surface area (Å²) in [6.45, 7) is 0. The average molecular weight is 277 g/mol. The van der Waals surface area contributed by atoms with Crippen molar-refractivity contribution in [2.75, 3.05) is 0 Å². The molecule has 21 heavy (non-hydrogen) atoms. The molecule has 0 spiro atoms. The summed E-state index contributed by atoms with van der Waals surface area (Å²) in [5.74, 6) is 0. The largest absolute Gasteiger partial charge is 0.286 e. The summed E-state index contributed by atoms with van der Waals surface area (Å²) in [7, 11) is 0. The van der Waals surface area contributed by atoms with Crippen molar-refractivity contribution in [3.63, 3.8) is 0 Å². The highest BCUT2D eigenvalue weighted by Crippen LogP contribution is 2.43. The fraction of sp³-hybridized carbons (Fsp3) is 0.400. The van der Waals surface area contributed by atoms with Crippen LogP contribution in [0.4, 0.5) is 0 Å². The van der Waals surface area contributed by atoms with Crippen molar-refractivity contribution in [1.82, 2.24) is 4.90 Å². The standard InChI is InChI=1S/C20H23N/c1-3-8-16(9-4-1)20(17-10-5-2-6-11-17)21-18-12-7-13-19(21)15-14-18/h1-6,8-11,18-20H,7,12-15H2/t18-,19?/m1/s1. The molecule has 0 radical (unpaired) electrons. The van der Waals surface area contributed by atoms with Gasteiger partial charge in [0, 0.05) is 12.1 Å². The summed E-state index contributed by atoms with van der Waals surface area (Å²) in [6.07, 6.45) is 6.96. The summed E-state index contributed by atoms with van der Waals surface area (Å²) in [5.41, 5.74) is 2.89. The Morgan fingerprint density at radius 1 is 0.667 bits per heavy atom. The minimum atomic E-state index is 0.435. The highest BCUT2D eigenvalue weighted by Gasteiger charge is 2.41. The summed E-state index contributed by atoms with van der Waals surface area (Å²) < 4.78 is 0. The first-order valence-electron chi connectivity index (χ1n) is 8.31. The van der Waals surface area contributed by atoms with Crippen LogP contribution in [-0.2, 0) is 0 Å². The minimum Gasteiger partial charge on any atom is -0.286 e. The Morgan fingerprint density at radius 3 is 1.62 bits per heavy atom. The second-order valence-electron chi connectivity index (χ2n) is 6.49. The predicted octanol–water partition coefficient (Wildman–Crippen LogP) is 4.79. The molecule has 2 saturated heterocycles. The van der Waals surface area contributed by atoms with E-state index in [2.05, 4.69) is 65.6 Å². The normalized spacial score (nSPS) is 25.4. The van der Waals surface area contributed by atoms with Gasteiger partial charge in [-0.1, -0.05) is 67.1 Å². The van der Waals surface area contributed by atoms with Gasteiger partial charge in [-0.2, -0.15) is 0 Å². The third kappa shape index (κ3) is 2.40.